The van der Waals surface area contributed by atoms with Crippen LogP contribution >= 0.6 is 0 Å². The van der Waals surface area contributed by atoms with Crippen LogP contribution in [-0.2, 0) is 18.8 Å². The number of hydrogen-bond acceptors (Lipinski definition) is 5. The molecular weight excluding hydrogens is 490 g/mol. The van der Waals surface area contributed by atoms with E-state index in [1.165, 1.54) is 11.0 Å². The van der Waals surface area contributed by atoms with E-state index >= 15 is 0 Å². The summed E-state index contributed by atoms with van der Waals surface area (Å²) in [6, 6.07) is -0.260. The molecule has 2 amide bonds. The lowest BCUT2D eigenvalue weighted by Crippen LogP contribution is -2.63. The van der Waals surface area contributed by atoms with Crippen molar-refractivity contribution in [2.24, 2.45) is 10.9 Å². The number of likely N-dealkylation sites (tertiary alicyclic amines) is 1. The number of amidine groups is 1. The summed E-state index contributed by atoms with van der Waals surface area (Å²) in [5, 5.41) is 10.0. The standard InChI is InChI=1S/C27H41N3O6Si/c1-10-13-35-26(34)28-21-12-11-18(29(21)7)14-16(2)19-15-20-22(24(31)30(20)23(19)25(32)33)17(3)36-37(8,9)27(4,5)6/h10,14,17-18,20,22H,1,11-13,15H2,2-9H3,(H,32,33)/t17-,18+,20-,22-/m1/s1. The summed E-state index contributed by atoms with van der Waals surface area (Å²) >= 11 is 0. The smallest absolute Gasteiger partial charge is 0.435 e. The average Bonchev–Trinajstić information content (AvgIpc) is 3.29. The number of carboxylic acids is 1. The second-order valence-electron chi connectivity index (χ2n) is 11.7. The van der Waals surface area contributed by atoms with Gasteiger partial charge in [0.1, 0.15) is 18.1 Å². The second kappa shape index (κ2) is 10.6. The molecule has 0 bridgehead atoms. The molecule has 0 aliphatic carbocycles. The summed E-state index contributed by atoms with van der Waals surface area (Å²) in [5.74, 6) is -1.01. The Bertz CT molecular complexity index is 1070. The summed E-state index contributed by atoms with van der Waals surface area (Å²) in [6.45, 7) is 18.3. The molecule has 4 atom stereocenters. The maximum absolute atomic E-state index is 13.2. The van der Waals surface area contributed by atoms with Gasteiger partial charge in [-0.2, -0.15) is 4.99 Å². The monoisotopic (exact) mass is 531 g/mol. The van der Waals surface area contributed by atoms with Crippen molar-refractivity contribution in [1.82, 2.24) is 9.80 Å². The number of aliphatic imine (C=N–C) groups is 1. The maximum atomic E-state index is 13.2. The molecule has 0 aromatic heterocycles. The maximum Gasteiger partial charge on any atom is 0.435 e. The summed E-state index contributed by atoms with van der Waals surface area (Å²) < 4.78 is 11.5. The number of β-lactam (4-membered cyclic amide) rings is 1. The Labute approximate surface area is 221 Å². The lowest BCUT2D eigenvalue weighted by atomic mass is 9.82. The van der Waals surface area contributed by atoms with E-state index in [1.54, 1.807) is 0 Å². The number of rotatable bonds is 8. The molecule has 10 heteroatoms. The SMILES string of the molecule is C=CCOC(=O)N=C1CC[C@@H](C=C(C)C2=C(C(=O)O)N3C(=O)[C@H]([C@@H](C)O[Si](C)(C)C(C)(C)C)[C@H]3C2)N1C. The van der Waals surface area contributed by atoms with Gasteiger partial charge in [0.25, 0.3) is 0 Å². The van der Waals surface area contributed by atoms with Crippen LogP contribution in [0.15, 0.2) is 40.6 Å². The quantitative estimate of drug-likeness (QED) is 0.274. The largest absolute Gasteiger partial charge is 0.477 e. The molecule has 0 aromatic carbocycles. The Balaban J connectivity index is 1.78. The van der Waals surface area contributed by atoms with Crippen LogP contribution < -0.4 is 0 Å². The van der Waals surface area contributed by atoms with Crippen molar-refractivity contribution in [2.45, 2.75) is 90.2 Å². The van der Waals surface area contributed by atoms with Crippen molar-refractivity contribution in [1.29, 1.82) is 0 Å². The van der Waals surface area contributed by atoms with Crippen molar-refractivity contribution in [2.75, 3.05) is 13.7 Å². The highest BCUT2D eigenvalue weighted by Crippen LogP contribution is 2.48. The highest BCUT2D eigenvalue weighted by Gasteiger charge is 2.58. The van der Waals surface area contributed by atoms with Crippen LogP contribution in [0.5, 0.6) is 0 Å². The molecule has 2 fully saturated rings. The minimum atomic E-state index is -2.09. The van der Waals surface area contributed by atoms with Crippen LogP contribution in [0.3, 0.4) is 0 Å². The predicted octanol–water partition coefficient (Wildman–Crippen LogP) is 4.73. The van der Waals surface area contributed by atoms with Crippen LogP contribution in [0.4, 0.5) is 4.79 Å². The third-order valence-corrected chi connectivity index (χ3v) is 12.8. The van der Waals surface area contributed by atoms with Crippen LogP contribution in [0.2, 0.25) is 18.1 Å². The lowest BCUT2D eigenvalue weighted by molar-refractivity contribution is -0.160. The first-order chi connectivity index (χ1) is 17.1. The number of carbonyl (C=O) groups excluding carboxylic acids is 2. The van der Waals surface area contributed by atoms with Crippen LogP contribution in [0, 0.1) is 5.92 Å². The van der Waals surface area contributed by atoms with Crippen molar-refractivity contribution in [3.63, 3.8) is 0 Å². The summed E-state index contributed by atoms with van der Waals surface area (Å²) in [5.41, 5.74) is 1.57. The van der Waals surface area contributed by atoms with Gasteiger partial charge in [-0.05, 0) is 56.0 Å². The third kappa shape index (κ3) is 5.60. The number of nitrogens with zero attached hydrogens (tertiary/aromatic N) is 3. The topological polar surface area (TPSA) is 109 Å². The number of amides is 2. The van der Waals surface area contributed by atoms with Gasteiger partial charge in [0.05, 0.1) is 18.1 Å². The van der Waals surface area contributed by atoms with E-state index in [-0.39, 0.29) is 47.4 Å². The molecule has 3 heterocycles. The zero-order valence-electron chi connectivity index (χ0n) is 23.3. The Kier molecular flexibility index (Phi) is 8.24. The molecule has 0 unspecified atom stereocenters. The van der Waals surface area contributed by atoms with E-state index < -0.39 is 20.4 Å². The average molecular weight is 532 g/mol. The number of ether oxygens (including phenoxy) is 1. The van der Waals surface area contributed by atoms with Crippen LogP contribution in [0.25, 0.3) is 0 Å². The Morgan fingerprint density at radius 1 is 1.32 bits per heavy atom. The van der Waals surface area contributed by atoms with E-state index in [2.05, 4.69) is 45.4 Å². The summed E-state index contributed by atoms with van der Waals surface area (Å²) in [7, 11) is -0.233. The Morgan fingerprint density at radius 3 is 2.54 bits per heavy atom. The molecule has 3 rings (SSSR count). The van der Waals surface area contributed by atoms with Gasteiger partial charge in [-0.1, -0.05) is 39.5 Å². The fourth-order valence-electron chi connectivity index (χ4n) is 5.15. The molecule has 3 aliphatic rings. The van der Waals surface area contributed by atoms with Gasteiger partial charge in [-0.25, -0.2) is 9.59 Å². The number of hydrogen-bond donors (Lipinski definition) is 1. The fraction of sp³-hybridized carbons (Fsp3) is 0.630. The Morgan fingerprint density at radius 2 is 1.97 bits per heavy atom. The first kappa shape index (κ1) is 28.8. The Hall–Kier alpha value is -2.72. The van der Waals surface area contributed by atoms with Crippen LogP contribution in [0.1, 0.15) is 53.9 Å². The first-order valence-corrected chi connectivity index (χ1v) is 15.8. The van der Waals surface area contributed by atoms with Gasteiger partial charge in [0.2, 0.25) is 5.91 Å². The van der Waals surface area contributed by atoms with E-state index in [0.29, 0.717) is 24.3 Å². The van der Waals surface area contributed by atoms with Crippen molar-refractivity contribution < 1.29 is 28.7 Å². The number of aliphatic carboxylic acids is 1. The molecular formula is C27H41N3O6Si. The van der Waals surface area contributed by atoms with E-state index in [1.807, 2.05) is 31.9 Å². The van der Waals surface area contributed by atoms with Gasteiger partial charge in [0.15, 0.2) is 8.32 Å². The second-order valence-corrected chi connectivity index (χ2v) is 16.4. The molecule has 0 spiro atoms. The minimum Gasteiger partial charge on any atom is -0.477 e. The number of fused-ring (bicyclic) bond motifs is 1. The van der Waals surface area contributed by atoms with Crippen molar-refractivity contribution >= 4 is 32.1 Å². The zero-order chi connectivity index (χ0) is 27.9. The molecule has 1 N–H and O–H groups in total. The fourth-order valence-corrected chi connectivity index (χ4v) is 6.58. The molecule has 9 nitrogen and oxygen atoms in total. The van der Waals surface area contributed by atoms with E-state index in [0.717, 1.165) is 12.0 Å². The van der Waals surface area contributed by atoms with Gasteiger partial charge >= 0.3 is 12.1 Å². The van der Waals surface area contributed by atoms with Gasteiger partial charge in [0, 0.05) is 19.5 Å². The van der Waals surface area contributed by atoms with Gasteiger partial charge in [-0.3, -0.25) is 4.79 Å². The highest BCUT2D eigenvalue weighted by atomic mass is 28.4. The van der Waals surface area contributed by atoms with E-state index in [9.17, 15) is 19.5 Å². The molecule has 3 aliphatic heterocycles. The van der Waals surface area contributed by atoms with Crippen molar-refractivity contribution in [3.8, 4) is 0 Å². The van der Waals surface area contributed by atoms with Gasteiger partial charge in [-0.15, -0.1) is 0 Å². The number of allylic oxidation sites excluding steroid dienone is 1. The molecule has 0 radical (unpaired) electrons. The van der Waals surface area contributed by atoms with Gasteiger partial charge < -0.3 is 24.1 Å². The number of likely N-dealkylation sites (N-methyl/N-ethyl adjacent to an activating group) is 1. The minimum absolute atomic E-state index is 0.0102. The van der Waals surface area contributed by atoms with E-state index in [4.69, 9.17) is 9.16 Å². The zero-order valence-corrected chi connectivity index (χ0v) is 24.3. The highest BCUT2D eigenvalue weighted by molar-refractivity contribution is 6.74. The first-order valence-electron chi connectivity index (χ1n) is 12.8. The molecule has 0 aromatic rings. The lowest BCUT2D eigenvalue weighted by Gasteiger charge is -2.48. The van der Waals surface area contributed by atoms with Crippen LogP contribution in [-0.4, -0.2) is 78.9 Å². The van der Waals surface area contributed by atoms with Crippen molar-refractivity contribution in [3.05, 3.63) is 35.6 Å². The molecule has 2 saturated heterocycles. The summed E-state index contributed by atoms with van der Waals surface area (Å²) in [4.78, 5) is 44.7. The number of carbonyl (C=O) groups is 3. The predicted molar refractivity (Wildman–Crippen MR) is 145 cm³/mol. The molecule has 204 valence electrons. The third-order valence-electron chi connectivity index (χ3n) is 8.24. The molecule has 37 heavy (non-hydrogen) atoms. The summed E-state index contributed by atoms with van der Waals surface area (Å²) in [6.07, 6.45) is 4.39. The number of carboxylic acid groups (broad SMARTS) is 1. The molecule has 0 saturated carbocycles. The normalized spacial score (nSPS) is 26.4.